The molecule has 1 atom stereocenters. The van der Waals surface area contributed by atoms with E-state index in [9.17, 15) is 0 Å². The zero-order valence-corrected chi connectivity index (χ0v) is 17.0. The average molecular weight is 445 g/mol. The molecule has 0 spiro atoms. The summed E-state index contributed by atoms with van der Waals surface area (Å²) in [5, 5.41) is 3.54. The number of halogens is 3. The second-order valence-corrected chi connectivity index (χ2v) is 7.12. The van der Waals surface area contributed by atoms with Crippen LogP contribution in [0.5, 0.6) is 0 Å². The molecule has 0 fully saturated rings. The highest BCUT2D eigenvalue weighted by Crippen LogP contribution is 2.26. The van der Waals surface area contributed by atoms with Crippen LogP contribution >= 0.6 is 51.3 Å². The number of anilines is 1. The van der Waals surface area contributed by atoms with E-state index in [-0.39, 0.29) is 6.04 Å². The van der Waals surface area contributed by atoms with Gasteiger partial charge in [-0.3, -0.25) is 0 Å². The summed E-state index contributed by atoms with van der Waals surface area (Å²) in [5.41, 5.74) is 1.05. The Bertz CT molecular complexity index is 733. The lowest BCUT2D eigenvalue weighted by atomic mass is 10.1. The fraction of sp³-hybridized carbons (Fsp3) is 0.294. The molecule has 0 radical (unpaired) electrons. The van der Waals surface area contributed by atoms with E-state index < -0.39 is 0 Å². The van der Waals surface area contributed by atoms with Crippen LogP contribution in [0.3, 0.4) is 0 Å². The number of benzene rings is 1. The maximum Gasteiger partial charge on any atom is 0.129 e. The highest BCUT2D eigenvalue weighted by atomic mass is 79.9. The van der Waals surface area contributed by atoms with E-state index in [2.05, 4.69) is 42.9 Å². The quantitative estimate of drug-likeness (QED) is 0.385. The van der Waals surface area contributed by atoms with E-state index in [1.165, 1.54) is 0 Å². The molecular weight excluding hydrogens is 429 g/mol. The Balaban J connectivity index is 2.34. The minimum atomic E-state index is 0.156. The number of rotatable bonds is 7. The lowest BCUT2D eigenvalue weighted by molar-refractivity contribution is 0.575. The summed E-state index contributed by atoms with van der Waals surface area (Å²) in [7, 11) is 0. The first-order valence-corrected chi connectivity index (χ1v) is 9.36. The summed E-state index contributed by atoms with van der Waals surface area (Å²) in [6, 6.07) is 9.76. The van der Waals surface area contributed by atoms with E-state index in [1.54, 1.807) is 6.20 Å². The van der Waals surface area contributed by atoms with Crippen LogP contribution in [0, 0.1) is 0 Å². The second-order valence-electron chi connectivity index (χ2n) is 5.21. The number of aromatic nitrogens is 1. The second kappa shape index (κ2) is 9.50. The summed E-state index contributed by atoms with van der Waals surface area (Å²) in [6.07, 6.45) is 2.69. The van der Waals surface area contributed by atoms with Gasteiger partial charge in [-0.1, -0.05) is 36.2 Å². The number of hydrogen-bond donors (Lipinski definition) is 0. The molecule has 1 aromatic heterocycles. The molecule has 2 aromatic rings. The largest absolute Gasteiger partial charge is 0.347 e. The van der Waals surface area contributed by atoms with Gasteiger partial charge in [0.1, 0.15) is 5.82 Å². The van der Waals surface area contributed by atoms with Gasteiger partial charge in [-0.25, -0.2) is 9.98 Å². The van der Waals surface area contributed by atoms with Crippen LogP contribution in [0.15, 0.2) is 46.0 Å². The molecule has 0 amide bonds. The standard InChI is InChI=1S/C17H16BrCl2N3S/c1-2-14(9-21-11-24)23(17-6-4-13(18)8-22-17)10-12-3-5-15(19)16(20)7-12/h3-8,14H,2,9-10H2,1H3. The summed E-state index contributed by atoms with van der Waals surface area (Å²) in [6.45, 7) is 3.33. The normalized spacial score (nSPS) is 11.7. The molecule has 0 saturated carbocycles. The molecule has 0 aliphatic carbocycles. The first-order valence-electron chi connectivity index (χ1n) is 7.41. The number of thiocarbonyl (C=S) groups is 1. The summed E-state index contributed by atoms with van der Waals surface area (Å²) in [4.78, 5) is 10.8. The van der Waals surface area contributed by atoms with Crippen molar-refractivity contribution in [3.05, 3.63) is 56.6 Å². The van der Waals surface area contributed by atoms with Crippen molar-refractivity contribution in [3.8, 4) is 0 Å². The molecule has 1 aromatic carbocycles. The third-order valence-electron chi connectivity index (χ3n) is 3.62. The van der Waals surface area contributed by atoms with Gasteiger partial charge in [0.05, 0.1) is 27.8 Å². The average Bonchev–Trinajstić information content (AvgIpc) is 2.58. The SMILES string of the molecule is CCC(CN=C=S)N(Cc1ccc(Cl)c(Cl)c1)c1ccc(Br)cn1. The van der Waals surface area contributed by atoms with Crippen molar-refractivity contribution in [1.82, 2.24) is 4.98 Å². The molecule has 3 nitrogen and oxygen atoms in total. The Morgan fingerprint density at radius 1 is 1.29 bits per heavy atom. The monoisotopic (exact) mass is 443 g/mol. The molecule has 7 heteroatoms. The zero-order chi connectivity index (χ0) is 17.5. The van der Waals surface area contributed by atoms with E-state index >= 15 is 0 Å². The van der Waals surface area contributed by atoms with Crippen LogP contribution in [-0.2, 0) is 6.54 Å². The van der Waals surface area contributed by atoms with Crippen molar-refractivity contribution in [2.24, 2.45) is 4.99 Å². The third kappa shape index (κ3) is 5.27. The van der Waals surface area contributed by atoms with Crippen LogP contribution in [0.1, 0.15) is 18.9 Å². The van der Waals surface area contributed by atoms with Crippen molar-refractivity contribution in [2.75, 3.05) is 11.4 Å². The zero-order valence-electron chi connectivity index (χ0n) is 13.0. The van der Waals surface area contributed by atoms with Crippen molar-refractivity contribution in [3.63, 3.8) is 0 Å². The minimum Gasteiger partial charge on any atom is -0.347 e. The van der Waals surface area contributed by atoms with Crippen molar-refractivity contribution < 1.29 is 0 Å². The van der Waals surface area contributed by atoms with Crippen LogP contribution in [0.2, 0.25) is 10.0 Å². The molecular formula is C17H16BrCl2N3S. The van der Waals surface area contributed by atoms with Gasteiger partial charge in [0.2, 0.25) is 0 Å². The van der Waals surface area contributed by atoms with E-state index in [4.69, 9.17) is 35.4 Å². The predicted molar refractivity (Wildman–Crippen MR) is 109 cm³/mol. The molecule has 1 unspecified atom stereocenters. The number of nitrogens with zero attached hydrogens (tertiary/aromatic N) is 3. The number of aliphatic imine (C=N–C) groups is 1. The van der Waals surface area contributed by atoms with Gasteiger partial charge in [-0.05, 0) is 64.4 Å². The molecule has 0 N–H and O–H groups in total. The summed E-state index contributed by atoms with van der Waals surface area (Å²) < 4.78 is 0.936. The molecule has 0 saturated heterocycles. The first kappa shape index (κ1) is 19.4. The van der Waals surface area contributed by atoms with Crippen molar-refractivity contribution >= 4 is 62.3 Å². The topological polar surface area (TPSA) is 28.5 Å². The molecule has 24 heavy (non-hydrogen) atoms. The smallest absolute Gasteiger partial charge is 0.129 e. The first-order chi connectivity index (χ1) is 11.5. The van der Waals surface area contributed by atoms with Crippen LogP contribution in [-0.4, -0.2) is 22.7 Å². The predicted octanol–water partition coefficient (Wildman–Crippen LogP) is 6.04. The molecule has 126 valence electrons. The van der Waals surface area contributed by atoms with E-state index in [0.29, 0.717) is 23.1 Å². The maximum atomic E-state index is 6.15. The number of isothiocyanates is 1. The van der Waals surface area contributed by atoms with Crippen molar-refractivity contribution in [1.29, 1.82) is 0 Å². The molecule has 2 rings (SSSR count). The van der Waals surface area contributed by atoms with Gasteiger partial charge in [-0.2, -0.15) is 0 Å². The lowest BCUT2D eigenvalue weighted by Gasteiger charge is -2.31. The summed E-state index contributed by atoms with van der Waals surface area (Å²) >= 11 is 20.3. The Kier molecular flexibility index (Phi) is 7.66. The van der Waals surface area contributed by atoms with Gasteiger partial charge >= 0.3 is 0 Å². The van der Waals surface area contributed by atoms with Crippen molar-refractivity contribution in [2.45, 2.75) is 25.9 Å². The number of hydrogen-bond acceptors (Lipinski definition) is 4. The Hall–Kier alpha value is -0.970. The van der Waals surface area contributed by atoms with E-state index in [1.807, 2.05) is 30.3 Å². The van der Waals surface area contributed by atoms with Gasteiger partial charge in [0.25, 0.3) is 0 Å². The Labute approximate surface area is 165 Å². The fourth-order valence-electron chi connectivity index (χ4n) is 2.36. The highest BCUT2D eigenvalue weighted by molar-refractivity contribution is 9.10. The highest BCUT2D eigenvalue weighted by Gasteiger charge is 2.19. The fourth-order valence-corrected chi connectivity index (χ4v) is 2.99. The number of pyridine rings is 1. The van der Waals surface area contributed by atoms with Gasteiger partial charge < -0.3 is 4.90 Å². The van der Waals surface area contributed by atoms with Crippen LogP contribution < -0.4 is 4.90 Å². The molecule has 0 bridgehead atoms. The van der Waals surface area contributed by atoms with Crippen LogP contribution in [0.4, 0.5) is 5.82 Å². The van der Waals surface area contributed by atoms with Gasteiger partial charge in [-0.15, -0.1) is 0 Å². The Morgan fingerprint density at radius 3 is 2.67 bits per heavy atom. The third-order valence-corrected chi connectivity index (χ3v) is 4.96. The maximum absolute atomic E-state index is 6.15. The lowest BCUT2D eigenvalue weighted by Crippen LogP contribution is -2.37. The van der Waals surface area contributed by atoms with Gasteiger partial charge in [0, 0.05) is 17.2 Å². The summed E-state index contributed by atoms with van der Waals surface area (Å²) in [5.74, 6) is 0.871. The molecule has 0 aliphatic rings. The molecule has 0 aliphatic heterocycles. The molecule has 1 heterocycles. The van der Waals surface area contributed by atoms with E-state index in [0.717, 1.165) is 22.3 Å². The Morgan fingerprint density at radius 2 is 2.08 bits per heavy atom. The minimum absolute atomic E-state index is 0.156. The van der Waals surface area contributed by atoms with Crippen LogP contribution in [0.25, 0.3) is 0 Å². The van der Waals surface area contributed by atoms with Gasteiger partial charge in [0.15, 0.2) is 0 Å².